The Hall–Kier alpha value is -2.11. The molecule has 1 aromatic rings. The average molecular weight is 281 g/mol. The topological polar surface area (TPSA) is 74.6 Å². The van der Waals surface area contributed by atoms with E-state index >= 15 is 0 Å². The van der Waals surface area contributed by atoms with Crippen LogP contribution in [0.4, 0.5) is 0 Å². The van der Waals surface area contributed by atoms with Crippen LogP contribution in [0.2, 0.25) is 0 Å². The summed E-state index contributed by atoms with van der Waals surface area (Å²) in [6.45, 7) is 7.41. The second-order valence-corrected chi connectivity index (χ2v) is 4.38. The van der Waals surface area contributed by atoms with Gasteiger partial charge in [-0.3, -0.25) is 4.79 Å². The summed E-state index contributed by atoms with van der Waals surface area (Å²) in [6, 6.07) is 1.01. The molecule has 1 heterocycles. The molecule has 0 saturated carbocycles. The molecule has 0 aromatic carbocycles. The zero-order chi connectivity index (χ0) is 15.3. The van der Waals surface area contributed by atoms with Gasteiger partial charge in [-0.05, 0) is 27.7 Å². The molecule has 110 valence electrons. The molecule has 6 heteroatoms. The Kier molecular flexibility index (Phi) is 5.49. The van der Waals surface area contributed by atoms with Crippen molar-refractivity contribution in [3.8, 4) is 0 Å². The summed E-state index contributed by atoms with van der Waals surface area (Å²) < 4.78 is 11.3. The molecule has 20 heavy (non-hydrogen) atoms. The van der Waals surface area contributed by atoms with Crippen LogP contribution in [-0.2, 0) is 9.47 Å². The van der Waals surface area contributed by atoms with Gasteiger partial charge in [0, 0.05) is 18.3 Å². The highest BCUT2D eigenvalue weighted by molar-refractivity contribution is 5.91. The van der Waals surface area contributed by atoms with E-state index in [0.29, 0.717) is 0 Å². The Morgan fingerprint density at radius 2 is 1.70 bits per heavy atom. The first kappa shape index (κ1) is 15.9. The van der Waals surface area contributed by atoms with Crippen molar-refractivity contribution in [2.45, 2.75) is 33.7 Å². The molecule has 1 rings (SSSR count). The Balaban J connectivity index is 3.36. The van der Waals surface area contributed by atoms with Crippen molar-refractivity contribution in [2.24, 2.45) is 0 Å². The van der Waals surface area contributed by atoms with Crippen molar-refractivity contribution in [1.82, 2.24) is 4.57 Å². The number of pyridine rings is 1. The zero-order valence-electron chi connectivity index (χ0n) is 12.1. The van der Waals surface area contributed by atoms with Crippen LogP contribution in [0.5, 0.6) is 0 Å². The quantitative estimate of drug-likeness (QED) is 0.769. The van der Waals surface area contributed by atoms with Gasteiger partial charge < -0.3 is 14.0 Å². The Labute approximate surface area is 117 Å². The van der Waals surface area contributed by atoms with E-state index < -0.39 is 17.4 Å². The van der Waals surface area contributed by atoms with Gasteiger partial charge in [0.2, 0.25) is 0 Å². The van der Waals surface area contributed by atoms with E-state index in [0.717, 1.165) is 6.07 Å². The minimum absolute atomic E-state index is 0.0893. The van der Waals surface area contributed by atoms with Crippen molar-refractivity contribution in [2.75, 3.05) is 13.2 Å². The van der Waals surface area contributed by atoms with Gasteiger partial charge in [0.15, 0.2) is 5.43 Å². The fourth-order valence-corrected chi connectivity index (χ4v) is 1.71. The lowest BCUT2D eigenvalue weighted by atomic mass is 10.2. The van der Waals surface area contributed by atoms with Crippen LogP contribution in [0.15, 0.2) is 17.1 Å². The monoisotopic (exact) mass is 281 g/mol. The third-order valence-corrected chi connectivity index (χ3v) is 2.62. The minimum atomic E-state index is -0.692. The lowest BCUT2D eigenvalue weighted by molar-refractivity contribution is 0.0496. The molecular weight excluding hydrogens is 262 g/mol. The molecule has 1 aromatic heterocycles. The summed E-state index contributed by atoms with van der Waals surface area (Å²) in [4.78, 5) is 35.4. The summed E-state index contributed by atoms with van der Waals surface area (Å²) in [6.07, 6.45) is 1.34. The van der Waals surface area contributed by atoms with Gasteiger partial charge >= 0.3 is 11.9 Å². The van der Waals surface area contributed by atoms with Gasteiger partial charge in [-0.25, -0.2) is 9.59 Å². The van der Waals surface area contributed by atoms with Crippen LogP contribution in [-0.4, -0.2) is 29.7 Å². The molecule has 0 radical (unpaired) electrons. The Morgan fingerprint density at radius 3 is 2.20 bits per heavy atom. The van der Waals surface area contributed by atoms with Crippen molar-refractivity contribution in [1.29, 1.82) is 0 Å². The largest absolute Gasteiger partial charge is 0.462 e. The first-order chi connectivity index (χ1) is 9.42. The summed E-state index contributed by atoms with van der Waals surface area (Å²) >= 11 is 0. The van der Waals surface area contributed by atoms with Crippen molar-refractivity contribution in [3.63, 3.8) is 0 Å². The molecule has 0 fully saturated rings. The summed E-state index contributed by atoms with van der Waals surface area (Å²) in [5.41, 5.74) is -0.517. The SMILES string of the molecule is CCOC(=O)c1cn(C(C)C)c(C(=O)OCC)cc1=O. The van der Waals surface area contributed by atoms with Crippen molar-refractivity contribution >= 4 is 11.9 Å². The predicted molar refractivity (Wildman–Crippen MR) is 73.0 cm³/mol. The maximum Gasteiger partial charge on any atom is 0.355 e. The van der Waals surface area contributed by atoms with E-state index in [1.807, 2.05) is 13.8 Å². The van der Waals surface area contributed by atoms with E-state index in [1.54, 1.807) is 13.8 Å². The fraction of sp³-hybridized carbons (Fsp3) is 0.500. The van der Waals surface area contributed by atoms with Crippen LogP contribution in [0.3, 0.4) is 0 Å². The lowest BCUT2D eigenvalue weighted by Crippen LogP contribution is -2.25. The smallest absolute Gasteiger partial charge is 0.355 e. The minimum Gasteiger partial charge on any atom is -0.462 e. The summed E-state index contributed by atoms with van der Waals surface area (Å²) in [7, 11) is 0. The average Bonchev–Trinajstić information content (AvgIpc) is 2.38. The molecule has 0 unspecified atom stereocenters. The highest BCUT2D eigenvalue weighted by Crippen LogP contribution is 2.11. The molecule has 0 aliphatic heterocycles. The molecular formula is C14H19NO5. The highest BCUT2D eigenvalue weighted by Gasteiger charge is 2.20. The van der Waals surface area contributed by atoms with Gasteiger partial charge in [0.05, 0.1) is 13.2 Å². The van der Waals surface area contributed by atoms with E-state index in [2.05, 4.69) is 0 Å². The number of nitrogens with zero attached hydrogens (tertiary/aromatic N) is 1. The maximum atomic E-state index is 11.9. The Bertz CT molecular complexity index is 559. The third-order valence-electron chi connectivity index (χ3n) is 2.62. The van der Waals surface area contributed by atoms with Crippen LogP contribution in [0.25, 0.3) is 0 Å². The third kappa shape index (κ3) is 3.46. The van der Waals surface area contributed by atoms with Crippen molar-refractivity contribution in [3.05, 3.63) is 33.7 Å². The number of esters is 2. The highest BCUT2D eigenvalue weighted by atomic mass is 16.5. The number of aromatic nitrogens is 1. The number of hydrogen-bond acceptors (Lipinski definition) is 5. The van der Waals surface area contributed by atoms with Gasteiger partial charge in [-0.2, -0.15) is 0 Å². The Morgan fingerprint density at radius 1 is 1.15 bits per heavy atom. The van der Waals surface area contributed by atoms with Gasteiger partial charge in [0.1, 0.15) is 11.3 Å². The maximum absolute atomic E-state index is 11.9. The van der Waals surface area contributed by atoms with E-state index in [4.69, 9.17) is 9.47 Å². The van der Waals surface area contributed by atoms with E-state index in [9.17, 15) is 14.4 Å². The number of ether oxygens (including phenoxy) is 2. The normalized spacial score (nSPS) is 10.4. The standard InChI is InChI=1S/C14H19NO5/c1-5-19-13(17)10-8-15(9(3)4)11(7-12(10)16)14(18)20-6-2/h7-9H,5-6H2,1-4H3. The zero-order valence-corrected chi connectivity index (χ0v) is 12.1. The fourth-order valence-electron chi connectivity index (χ4n) is 1.71. The van der Waals surface area contributed by atoms with E-state index in [-0.39, 0.29) is 30.5 Å². The van der Waals surface area contributed by atoms with E-state index in [1.165, 1.54) is 10.8 Å². The summed E-state index contributed by atoms with van der Waals surface area (Å²) in [5.74, 6) is -1.28. The number of hydrogen-bond donors (Lipinski definition) is 0. The molecule has 0 bridgehead atoms. The van der Waals surface area contributed by atoms with Gasteiger partial charge in [-0.15, -0.1) is 0 Å². The molecule has 6 nitrogen and oxygen atoms in total. The molecule has 0 aliphatic carbocycles. The molecule has 0 N–H and O–H groups in total. The van der Waals surface area contributed by atoms with Crippen LogP contribution >= 0.6 is 0 Å². The first-order valence-electron chi connectivity index (χ1n) is 6.52. The number of carbonyl (C=O) groups excluding carboxylic acids is 2. The van der Waals surface area contributed by atoms with Crippen molar-refractivity contribution < 1.29 is 19.1 Å². The number of carbonyl (C=O) groups is 2. The van der Waals surface area contributed by atoms with Crippen LogP contribution in [0, 0.1) is 0 Å². The molecule has 0 saturated heterocycles. The van der Waals surface area contributed by atoms with Gasteiger partial charge in [-0.1, -0.05) is 0 Å². The lowest BCUT2D eigenvalue weighted by Gasteiger charge is -2.17. The van der Waals surface area contributed by atoms with Crippen LogP contribution in [0.1, 0.15) is 54.6 Å². The second kappa shape index (κ2) is 6.88. The molecule has 0 amide bonds. The molecule has 0 aliphatic rings. The molecule has 0 spiro atoms. The predicted octanol–water partition coefficient (Wildman–Crippen LogP) is 1.78. The second-order valence-electron chi connectivity index (χ2n) is 4.38. The summed E-state index contributed by atoms with van der Waals surface area (Å²) in [5, 5.41) is 0. The van der Waals surface area contributed by atoms with Gasteiger partial charge in [0.25, 0.3) is 0 Å². The van der Waals surface area contributed by atoms with Crippen LogP contribution < -0.4 is 5.43 Å². The number of rotatable bonds is 5. The molecule has 0 atom stereocenters. The first-order valence-corrected chi connectivity index (χ1v) is 6.52.